The summed E-state index contributed by atoms with van der Waals surface area (Å²) < 4.78 is 11.4. The first-order valence-electron chi connectivity index (χ1n) is 7.44. The zero-order chi connectivity index (χ0) is 15.2. The first kappa shape index (κ1) is 16.8. The van der Waals surface area contributed by atoms with E-state index in [0.717, 1.165) is 30.9 Å². The maximum atomic E-state index is 6.00. The van der Waals surface area contributed by atoms with E-state index in [2.05, 4.69) is 52.1 Å². The third-order valence-electron chi connectivity index (χ3n) is 3.07. The highest BCUT2D eigenvalue weighted by Gasteiger charge is 2.12. The Hall–Kier alpha value is -1.22. The first-order valence-corrected chi connectivity index (χ1v) is 7.44. The molecule has 1 aromatic rings. The highest BCUT2D eigenvalue weighted by molar-refractivity contribution is 5.43. The summed E-state index contributed by atoms with van der Waals surface area (Å²) in [5.41, 5.74) is 1.32. The number of nitrogens with one attached hydrogen (secondary N) is 1. The van der Waals surface area contributed by atoms with Gasteiger partial charge in [0.15, 0.2) is 11.5 Å². The van der Waals surface area contributed by atoms with Crippen molar-refractivity contribution in [2.75, 3.05) is 7.11 Å². The molecule has 0 aliphatic rings. The second-order valence-corrected chi connectivity index (χ2v) is 6.31. The van der Waals surface area contributed by atoms with Crippen LogP contribution in [-0.4, -0.2) is 18.8 Å². The lowest BCUT2D eigenvalue weighted by atomic mass is 10.1. The third-order valence-corrected chi connectivity index (χ3v) is 3.07. The van der Waals surface area contributed by atoms with Crippen LogP contribution in [0.5, 0.6) is 11.5 Å². The molecule has 0 radical (unpaired) electrons. The van der Waals surface area contributed by atoms with E-state index in [1.54, 1.807) is 7.11 Å². The number of rotatable bonds is 7. The molecule has 20 heavy (non-hydrogen) atoms. The van der Waals surface area contributed by atoms with Crippen molar-refractivity contribution in [2.24, 2.45) is 0 Å². The van der Waals surface area contributed by atoms with Gasteiger partial charge in [-0.05, 0) is 51.8 Å². The van der Waals surface area contributed by atoms with Gasteiger partial charge in [-0.3, -0.25) is 0 Å². The molecule has 0 fully saturated rings. The van der Waals surface area contributed by atoms with Crippen molar-refractivity contribution in [1.82, 2.24) is 5.32 Å². The SMILES string of the molecule is CCCC(C)Oc1cc(CNC(C)(C)C)ccc1OC. The van der Waals surface area contributed by atoms with E-state index in [1.165, 1.54) is 5.56 Å². The molecule has 0 amide bonds. The van der Waals surface area contributed by atoms with Gasteiger partial charge < -0.3 is 14.8 Å². The van der Waals surface area contributed by atoms with E-state index in [0.29, 0.717) is 0 Å². The van der Waals surface area contributed by atoms with Crippen LogP contribution in [0.3, 0.4) is 0 Å². The van der Waals surface area contributed by atoms with Gasteiger partial charge in [-0.25, -0.2) is 0 Å². The molecule has 1 atom stereocenters. The van der Waals surface area contributed by atoms with Crippen molar-refractivity contribution in [3.05, 3.63) is 23.8 Å². The van der Waals surface area contributed by atoms with Crippen LogP contribution in [0, 0.1) is 0 Å². The maximum absolute atomic E-state index is 6.00. The summed E-state index contributed by atoms with van der Waals surface area (Å²) in [6, 6.07) is 6.13. The average Bonchev–Trinajstić information content (AvgIpc) is 2.36. The van der Waals surface area contributed by atoms with E-state index in [-0.39, 0.29) is 11.6 Å². The van der Waals surface area contributed by atoms with Crippen LogP contribution >= 0.6 is 0 Å². The van der Waals surface area contributed by atoms with E-state index >= 15 is 0 Å². The summed E-state index contributed by atoms with van der Waals surface area (Å²) in [6.07, 6.45) is 2.38. The fourth-order valence-electron chi connectivity index (χ4n) is 1.97. The summed E-state index contributed by atoms with van der Waals surface area (Å²) >= 11 is 0. The first-order chi connectivity index (χ1) is 9.35. The van der Waals surface area contributed by atoms with Crippen molar-refractivity contribution < 1.29 is 9.47 Å². The molecule has 0 saturated heterocycles. The Labute approximate surface area is 123 Å². The Balaban J connectivity index is 2.80. The maximum Gasteiger partial charge on any atom is 0.161 e. The molecule has 3 heteroatoms. The molecule has 0 aromatic heterocycles. The fourth-order valence-corrected chi connectivity index (χ4v) is 1.97. The van der Waals surface area contributed by atoms with Gasteiger partial charge in [0.25, 0.3) is 0 Å². The largest absolute Gasteiger partial charge is 0.493 e. The van der Waals surface area contributed by atoms with Crippen LogP contribution in [0.4, 0.5) is 0 Å². The number of hydrogen-bond acceptors (Lipinski definition) is 3. The van der Waals surface area contributed by atoms with E-state index in [9.17, 15) is 0 Å². The Morgan fingerprint density at radius 1 is 1.20 bits per heavy atom. The van der Waals surface area contributed by atoms with Crippen molar-refractivity contribution in [3.63, 3.8) is 0 Å². The van der Waals surface area contributed by atoms with Crippen LogP contribution < -0.4 is 14.8 Å². The van der Waals surface area contributed by atoms with E-state index < -0.39 is 0 Å². The van der Waals surface area contributed by atoms with Crippen molar-refractivity contribution in [1.29, 1.82) is 0 Å². The fraction of sp³-hybridized carbons (Fsp3) is 0.647. The minimum absolute atomic E-state index is 0.108. The van der Waals surface area contributed by atoms with Gasteiger partial charge in [0, 0.05) is 12.1 Å². The van der Waals surface area contributed by atoms with Gasteiger partial charge in [-0.15, -0.1) is 0 Å². The number of ether oxygens (including phenoxy) is 2. The summed E-state index contributed by atoms with van der Waals surface area (Å²) in [5, 5.41) is 3.48. The lowest BCUT2D eigenvalue weighted by Gasteiger charge is -2.21. The molecule has 0 spiro atoms. The molecule has 0 saturated carbocycles. The van der Waals surface area contributed by atoms with Gasteiger partial charge in [0.2, 0.25) is 0 Å². The lowest BCUT2D eigenvalue weighted by molar-refractivity contribution is 0.200. The zero-order valence-corrected chi connectivity index (χ0v) is 13.7. The predicted octanol–water partition coefficient (Wildman–Crippen LogP) is 4.15. The number of hydrogen-bond donors (Lipinski definition) is 1. The number of benzene rings is 1. The standard InChI is InChI=1S/C17H29NO2/c1-7-8-13(2)20-16-11-14(9-10-15(16)19-6)12-18-17(3,4)5/h9-11,13,18H,7-8,12H2,1-6H3. The molecule has 3 nitrogen and oxygen atoms in total. The van der Waals surface area contributed by atoms with Crippen molar-refractivity contribution >= 4 is 0 Å². The molecule has 1 unspecified atom stereocenters. The minimum Gasteiger partial charge on any atom is -0.493 e. The van der Waals surface area contributed by atoms with Crippen LogP contribution in [0.25, 0.3) is 0 Å². The topological polar surface area (TPSA) is 30.5 Å². The normalized spacial score (nSPS) is 13.1. The third kappa shape index (κ3) is 5.83. The monoisotopic (exact) mass is 279 g/mol. The van der Waals surface area contributed by atoms with Gasteiger partial charge in [-0.1, -0.05) is 19.4 Å². The Bertz CT molecular complexity index is 410. The molecule has 0 aliphatic heterocycles. The summed E-state index contributed by atoms with van der Waals surface area (Å²) in [7, 11) is 1.68. The Morgan fingerprint density at radius 3 is 2.45 bits per heavy atom. The van der Waals surface area contributed by atoms with E-state index in [4.69, 9.17) is 9.47 Å². The summed E-state index contributed by atoms with van der Waals surface area (Å²) in [4.78, 5) is 0. The highest BCUT2D eigenvalue weighted by Crippen LogP contribution is 2.29. The minimum atomic E-state index is 0.108. The average molecular weight is 279 g/mol. The van der Waals surface area contributed by atoms with E-state index in [1.807, 2.05) is 6.07 Å². The lowest BCUT2D eigenvalue weighted by Crippen LogP contribution is -2.35. The molecule has 0 heterocycles. The molecule has 1 aromatic carbocycles. The Kier molecular flexibility index (Phi) is 6.34. The molecular formula is C17H29NO2. The van der Waals surface area contributed by atoms with Crippen LogP contribution in [0.2, 0.25) is 0 Å². The molecule has 114 valence electrons. The van der Waals surface area contributed by atoms with Gasteiger partial charge in [0.1, 0.15) is 0 Å². The van der Waals surface area contributed by atoms with Crippen molar-refractivity contribution in [2.45, 2.75) is 65.6 Å². The second-order valence-electron chi connectivity index (χ2n) is 6.31. The molecular weight excluding hydrogens is 250 g/mol. The molecule has 0 bridgehead atoms. The second kappa shape index (κ2) is 7.53. The smallest absolute Gasteiger partial charge is 0.161 e. The van der Waals surface area contributed by atoms with Crippen LogP contribution in [0.15, 0.2) is 18.2 Å². The summed E-state index contributed by atoms with van der Waals surface area (Å²) in [6.45, 7) is 11.6. The summed E-state index contributed by atoms with van der Waals surface area (Å²) in [5.74, 6) is 1.63. The quantitative estimate of drug-likeness (QED) is 0.813. The van der Waals surface area contributed by atoms with Gasteiger partial charge in [0.05, 0.1) is 13.2 Å². The van der Waals surface area contributed by atoms with Gasteiger partial charge >= 0.3 is 0 Å². The predicted molar refractivity (Wildman–Crippen MR) is 84.6 cm³/mol. The molecule has 0 aliphatic carbocycles. The molecule has 1 N–H and O–H groups in total. The van der Waals surface area contributed by atoms with Crippen LogP contribution in [-0.2, 0) is 6.54 Å². The van der Waals surface area contributed by atoms with Crippen molar-refractivity contribution in [3.8, 4) is 11.5 Å². The van der Waals surface area contributed by atoms with Gasteiger partial charge in [-0.2, -0.15) is 0 Å². The molecule has 1 rings (SSSR count). The highest BCUT2D eigenvalue weighted by atomic mass is 16.5. The Morgan fingerprint density at radius 2 is 1.90 bits per heavy atom. The van der Waals surface area contributed by atoms with Crippen LogP contribution in [0.1, 0.15) is 53.0 Å². The number of methoxy groups -OCH3 is 1. The zero-order valence-electron chi connectivity index (χ0n) is 13.7.